The number of hydrogen-bond donors (Lipinski definition) is 0. The zero-order valence-corrected chi connectivity index (χ0v) is 8.28. The van der Waals surface area contributed by atoms with E-state index < -0.39 is 11.4 Å². The summed E-state index contributed by atoms with van der Waals surface area (Å²) in [5.41, 5.74) is 0.602. The highest BCUT2D eigenvalue weighted by molar-refractivity contribution is 7.74. The lowest BCUT2D eigenvalue weighted by Crippen LogP contribution is -2.28. The summed E-state index contributed by atoms with van der Waals surface area (Å²) in [7, 11) is 1.89. The molecule has 0 aliphatic carbocycles. The summed E-state index contributed by atoms with van der Waals surface area (Å²) in [4.78, 5) is 5.96. The number of nitrogens with zero attached hydrogens (tertiary/aromatic N) is 2. The molecule has 0 bridgehead atoms. The van der Waals surface area contributed by atoms with Crippen LogP contribution < -0.4 is 0 Å². The van der Waals surface area contributed by atoms with Crippen molar-refractivity contribution in [3.8, 4) is 0 Å². The van der Waals surface area contributed by atoms with E-state index in [9.17, 15) is 8.76 Å². The topological polar surface area (TPSA) is 65.0 Å². The minimum absolute atomic E-state index is 0.0102. The van der Waals surface area contributed by atoms with E-state index in [1.54, 1.807) is 12.4 Å². The van der Waals surface area contributed by atoms with Gasteiger partial charge in [-0.1, -0.05) is 0 Å². The van der Waals surface area contributed by atoms with Crippen LogP contribution in [0.25, 0.3) is 0 Å². The Morgan fingerprint density at radius 3 is 3.08 bits per heavy atom. The first-order chi connectivity index (χ1) is 6.09. The number of rotatable bonds is 3. The van der Waals surface area contributed by atoms with Crippen molar-refractivity contribution in [1.29, 1.82) is 0 Å². The van der Waals surface area contributed by atoms with Crippen molar-refractivity contribution >= 4 is 17.6 Å². The van der Waals surface area contributed by atoms with Crippen LogP contribution in [0, 0.1) is 0 Å². The van der Waals surface area contributed by atoms with Crippen LogP contribution in [-0.2, 0) is 15.5 Å². The molecule has 1 aliphatic heterocycles. The van der Waals surface area contributed by atoms with Crippen molar-refractivity contribution in [2.45, 2.75) is 13.0 Å². The van der Waals surface area contributed by atoms with E-state index in [2.05, 4.69) is 9.18 Å². The fourth-order valence-corrected chi connectivity index (χ4v) is 1.09. The van der Waals surface area contributed by atoms with Crippen molar-refractivity contribution in [1.82, 2.24) is 4.90 Å². The largest absolute Gasteiger partial charge is 0.750 e. The molecule has 0 fully saturated rings. The first kappa shape index (κ1) is 10.4. The van der Waals surface area contributed by atoms with Crippen LogP contribution in [0.15, 0.2) is 16.9 Å². The van der Waals surface area contributed by atoms with Gasteiger partial charge in [-0.05, 0) is 6.92 Å². The van der Waals surface area contributed by atoms with E-state index >= 15 is 0 Å². The summed E-state index contributed by atoms with van der Waals surface area (Å²) in [5, 5.41) is 0. The summed E-state index contributed by atoms with van der Waals surface area (Å²) in [6, 6.07) is 0.237. The van der Waals surface area contributed by atoms with Gasteiger partial charge >= 0.3 is 0 Å². The van der Waals surface area contributed by atoms with Crippen LogP contribution in [-0.4, -0.2) is 39.6 Å². The van der Waals surface area contributed by atoms with Gasteiger partial charge in [0.25, 0.3) is 0 Å². The Kier molecular flexibility index (Phi) is 3.58. The van der Waals surface area contributed by atoms with E-state index in [4.69, 9.17) is 0 Å². The third-order valence-corrected chi connectivity index (χ3v) is 2.06. The Hall–Kier alpha value is -0.720. The standard InChI is InChI=1S/C7H12N2O3S/c1-6-3-8-7(4-9(6)2)5-12-13(10)11/h3-4,6H,5H2,1-2H3,(H,10,11)/p-1. The zero-order chi connectivity index (χ0) is 9.84. The van der Waals surface area contributed by atoms with Gasteiger partial charge in [0.1, 0.15) is 6.61 Å². The van der Waals surface area contributed by atoms with Crippen LogP contribution in [0.1, 0.15) is 6.92 Å². The first-order valence-corrected chi connectivity index (χ1v) is 4.79. The smallest absolute Gasteiger partial charge is 0.106 e. The molecule has 0 aromatic heterocycles. The maximum Gasteiger partial charge on any atom is 0.106 e. The minimum atomic E-state index is -2.47. The van der Waals surface area contributed by atoms with Crippen molar-refractivity contribution < 1.29 is 12.9 Å². The summed E-state index contributed by atoms with van der Waals surface area (Å²) in [6.45, 7) is 1.98. The zero-order valence-electron chi connectivity index (χ0n) is 7.47. The SMILES string of the molecule is CC1C=NC(COS(=O)[O-])=CN1C. The molecule has 0 aromatic rings. The Labute approximate surface area is 79.6 Å². The first-order valence-electron chi connectivity index (χ1n) is 3.79. The third kappa shape index (κ3) is 3.25. The maximum absolute atomic E-state index is 10.1. The van der Waals surface area contributed by atoms with Gasteiger partial charge in [-0.25, -0.2) is 4.21 Å². The molecule has 0 saturated heterocycles. The molecule has 0 N–H and O–H groups in total. The Morgan fingerprint density at radius 1 is 1.85 bits per heavy atom. The summed E-state index contributed by atoms with van der Waals surface area (Å²) >= 11 is -2.47. The molecule has 0 saturated carbocycles. The quantitative estimate of drug-likeness (QED) is 0.608. The van der Waals surface area contributed by atoms with Gasteiger partial charge in [0.05, 0.1) is 23.1 Å². The molecule has 2 unspecified atom stereocenters. The highest BCUT2D eigenvalue weighted by Gasteiger charge is 2.09. The average molecular weight is 203 g/mol. The van der Waals surface area contributed by atoms with Crippen molar-refractivity contribution in [2.24, 2.45) is 4.99 Å². The van der Waals surface area contributed by atoms with Crippen molar-refractivity contribution in [2.75, 3.05) is 13.7 Å². The predicted molar refractivity (Wildman–Crippen MR) is 48.7 cm³/mol. The van der Waals surface area contributed by atoms with E-state index in [1.807, 2.05) is 18.9 Å². The monoisotopic (exact) mass is 203 g/mol. The maximum atomic E-state index is 10.1. The average Bonchev–Trinajstić information content (AvgIpc) is 2.07. The second-order valence-electron chi connectivity index (χ2n) is 2.77. The molecule has 74 valence electrons. The minimum Gasteiger partial charge on any atom is -0.750 e. The van der Waals surface area contributed by atoms with Crippen molar-refractivity contribution in [3.63, 3.8) is 0 Å². The molecule has 5 nitrogen and oxygen atoms in total. The van der Waals surface area contributed by atoms with E-state index in [0.717, 1.165) is 0 Å². The second kappa shape index (κ2) is 4.50. The van der Waals surface area contributed by atoms with Crippen LogP contribution in [0.3, 0.4) is 0 Å². The van der Waals surface area contributed by atoms with Crippen LogP contribution >= 0.6 is 0 Å². The fraction of sp³-hybridized carbons (Fsp3) is 0.571. The molecule has 0 radical (unpaired) electrons. The van der Waals surface area contributed by atoms with Crippen LogP contribution in [0.2, 0.25) is 0 Å². The Bertz CT molecular complexity index is 264. The Morgan fingerprint density at radius 2 is 2.54 bits per heavy atom. The lowest BCUT2D eigenvalue weighted by Gasteiger charge is -2.24. The van der Waals surface area contributed by atoms with Crippen molar-refractivity contribution in [3.05, 3.63) is 11.9 Å². The fourth-order valence-electron chi connectivity index (χ4n) is 0.878. The highest BCUT2D eigenvalue weighted by Crippen LogP contribution is 2.08. The van der Waals surface area contributed by atoms with Gasteiger partial charge < -0.3 is 9.45 Å². The molecule has 0 spiro atoms. The molecule has 1 rings (SSSR count). The number of hydrogen-bond acceptors (Lipinski definition) is 5. The van der Waals surface area contributed by atoms with E-state index in [-0.39, 0.29) is 12.6 Å². The van der Waals surface area contributed by atoms with Gasteiger partial charge in [0, 0.05) is 19.5 Å². The molecule has 1 aliphatic rings. The van der Waals surface area contributed by atoms with E-state index in [1.165, 1.54) is 0 Å². The molecular formula is C7H11N2O3S-. The van der Waals surface area contributed by atoms with Gasteiger partial charge in [0.15, 0.2) is 0 Å². The third-order valence-electron chi connectivity index (χ3n) is 1.75. The van der Waals surface area contributed by atoms with Gasteiger partial charge in [0.2, 0.25) is 0 Å². The van der Waals surface area contributed by atoms with Gasteiger partial charge in [-0.3, -0.25) is 9.18 Å². The second-order valence-corrected chi connectivity index (χ2v) is 3.41. The van der Waals surface area contributed by atoms with Crippen LogP contribution in [0.4, 0.5) is 0 Å². The molecule has 6 heteroatoms. The molecule has 0 amide bonds. The predicted octanol–water partition coefficient (Wildman–Crippen LogP) is 0.0432. The molecule has 13 heavy (non-hydrogen) atoms. The summed E-state index contributed by atoms with van der Waals surface area (Å²) in [6.07, 6.45) is 3.50. The molecule has 0 aromatic carbocycles. The van der Waals surface area contributed by atoms with Gasteiger partial charge in [-0.2, -0.15) is 0 Å². The molecule has 1 heterocycles. The van der Waals surface area contributed by atoms with E-state index in [0.29, 0.717) is 5.70 Å². The Balaban J connectivity index is 2.48. The number of aliphatic imine (C=N–C) groups is 1. The molecular weight excluding hydrogens is 192 g/mol. The highest BCUT2D eigenvalue weighted by atomic mass is 32.2. The molecule has 2 atom stereocenters. The van der Waals surface area contributed by atoms with Crippen LogP contribution in [0.5, 0.6) is 0 Å². The summed E-state index contributed by atoms with van der Waals surface area (Å²) in [5.74, 6) is 0. The van der Waals surface area contributed by atoms with Gasteiger partial charge in [-0.15, -0.1) is 0 Å². The summed E-state index contributed by atoms with van der Waals surface area (Å²) < 4.78 is 24.5. The normalized spacial score (nSPS) is 24.4. The lowest BCUT2D eigenvalue weighted by atomic mass is 10.3. The lowest BCUT2D eigenvalue weighted by molar-refractivity contribution is 0.318.